The molecule has 0 N–H and O–H groups in total. The Balaban J connectivity index is 1.64. The van der Waals surface area contributed by atoms with Crippen LogP contribution in [0.15, 0.2) is 18.5 Å². The van der Waals surface area contributed by atoms with Crippen LogP contribution in [0.4, 0.5) is 5.82 Å². The first kappa shape index (κ1) is 15.9. The molecule has 1 aliphatic rings. The molecule has 0 radical (unpaired) electrons. The van der Waals surface area contributed by atoms with Gasteiger partial charge in [-0.25, -0.2) is 19.7 Å². The number of fused-ring (bicyclic) bond motifs is 2. The lowest BCUT2D eigenvalue weighted by Gasteiger charge is -2.28. The minimum atomic E-state index is -0.344. The molecule has 0 aliphatic carbocycles. The maximum atomic E-state index is 11.9. The van der Waals surface area contributed by atoms with E-state index in [1.165, 1.54) is 11.3 Å². The lowest BCUT2D eigenvalue weighted by molar-refractivity contribution is 0.0525. The summed E-state index contributed by atoms with van der Waals surface area (Å²) in [5.41, 5.74) is 3.49. The third kappa shape index (κ3) is 2.93. The summed E-state index contributed by atoms with van der Waals surface area (Å²) < 4.78 is 5.05. The number of aromatic nitrogens is 4. The summed E-state index contributed by atoms with van der Waals surface area (Å²) >= 11 is 1.41. The van der Waals surface area contributed by atoms with Crippen molar-refractivity contribution in [3.63, 3.8) is 0 Å². The number of pyridine rings is 1. The number of hydrogen-bond acceptors (Lipinski definition) is 8. The van der Waals surface area contributed by atoms with Gasteiger partial charge in [-0.05, 0) is 25.5 Å². The van der Waals surface area contributed by atoms with E-state index in [1.807, 2.05) is 13.0 Å². The molecule has 4 rings (SSSR count). The van der Waals surface area contributed by atoms with Crippen molar-refractivity contribution in [1.29, 1.82) is 0 Å². The lowest BCUT2D eigenvalue weighted by atomic mass is 10.1. The van der Waals surface area contributed by atoms with Crippen LogP contribution >= 0.6 is 11.3 Å². The van der Waals surface area contributed by atoms with Crippen molar-refractivity contribution >= 4 is 34.3 Å². The quantitative estimate of drug-likeness (QED) is 0.668. The zero-order chi connectivity index (χ0) is 17.4. The molecule has 128 valence electrons. The fraction of sp³-hybridized carbons (Fsp3) is 0.353. The second-order valence-corrected chi connectivity index (χ2v) is 6.89. The summed E-state index contributed by atoms with van der Waals surface area (Å²) in [6, 6.07) is 2.01. The SMILES string of the molecule is CCOC(=O)c1nc2c(s1)CN(c1nc3nccnc3cc1C)CC2. The summed E-state index contributed by atoms with van der Waals surface area (Å²) in [7, 11) is 0. The van der Waals surface area contributed by atoms with Crippen LogP contribution in [0.1, 0.15) is 32.9 Å². The van der Waals surface area contributed by atoms with Gasteiger partial charge < -0.3 is 9.64 Å². The van der Waals surface area contributed by atoms with Gasteiger partial charge in [-0.15, -0.1) is 11.3 Å². The Morgan fingerprint density at radius 2 is 2.16 bits per heavy atom. The largest absolute Gasteiger partial charge is 0.461 e. The highest BCUT2D eigenvalue weighted by atomic mass is 32.1. The molecular formula is C17H17N5O2S. The van der Waals surface area contributed by atoms with Crippen molar-refractivity contribution in [3.05, 3.63) is 39.6 Å². The third-order valence-electron chi connectivity index (χ3n) is 4.10. The molecule has 3 aromatic heterocycles. The minimum Gasteiger partial charge on any atom is -0.461 e. The van der Waals surface area contributed by atoms with Gasteiger partial charge in [0.25, 0.3) is 0 Å². The molecule has 0 saturated heterocycles. The number of rotatable bonds is 3. The van der Waals surface area contributed by atoms with Crippen LogP contribution in [-0.2, 0) is 17.7 Å². The normalized spacial score (nSPS) is 13.8. The topological polar surface area (TPSA) is 81.1 Å². The van der Waals surface area contributed by atoms with Gasteiger partial charge in [0.1, 0.15) is 11.3 Å². The second kappa shape index (κ2) is 6.36. The number of aryl methyl sites for hydroxylation is 1. The van der Waals surface area contributed by atoms with E-state index in [0.717, 1.165) is 40.4 Å². The molecule has 7 nitrogen and oxygen atoms in total. The predicted octanol–water partition coefficient (Wildman–Crippen LogP) is 2.53. The van der Waals surface area contributed by atoms with Crippen LogP contribution < -0.4 is 4.90 Å². The van der Waals surface area contributed by atoms with Crippen LogP contribution in [0, 0.1) is 6.92 Å². The molecule has 0 fully saturated rings. The number of carbonyl (C=O) groups is 1. The maximum Gasteiger partial charge on any atom is 0.367 e. The van der Waals surface area contributed by atoms with Crippen molar-refractivity contribution in [1.82, 2.24) is 19.9 Å². The van der Waals surface area contributed by atoms with Crippen LogP contribution in [0.3, 0.4) is 0 Å². The van der Waals surface area contributed by atoms with Crippen molar-refractivity contribution in [3.8, 4) is 0 Å². The monoisotopic (exact) mass is 355 g/mol. The van der Waals surface area contributed by atoms with Crippen molar-refractivity contribution in [2.24, 2.45) is 0 Å². The first-order valence-electron chi connectivity index (χ1n) is 8.14. The molecule has 25 heavy (non-hydrogen) atoms. The van der Waals surface area contributed by atoms with E-state index in [-0.39, 0.29) is 5.97 Å². The molecule has 0 saturated carbocycles. The summed E-state index contributed by atoms with van der Waals surface area (Å²) in [6.07, 6.45) is 4.10. The second-order valence-electron chi connectivity index (χ2n) is 5.81. The number of anilines is 1. The summed E-state index contributed by atoms with van der Waals surface area (Å²) in [5.74, 6) is 0.563. The van der Waals surface area contributed by atoms with Gasteiger partial charge >= 0.3 is 5.97 Å². The lowest BCUT2D eigenvalue weighted by Crippen LogP contribution is -2.31. The predicted molar refractivity (Wildman–Crippen MR) is 94.9 cm³/mol. The zero-order valence-corrected chi connectivity index (χ0v) is 14.8. The fourth-order valence-electron chi connectivity index (χ4n) is 2.96. The minimum absolute atomic E-state index is 0.344. The van der Waals surface area contributed by atoms with E-state index in [4.69, 9.17) is 4.74 Å². The smallest absolute Gasteiger partial charge is 0.367 e. The summed E-state index contributed by atoms with van der Waals surface area (Å²) in [5, 5.41) is 0.433. The van der Waals surface area contributed by atoms with E-state index in [0.29, 0.717) is 23.8 Å². The van der Waals surface area contributed by atoms with E-state index in [9.17, 15) is 4.79 Å². The van der Waals surface area contributed by atoms with Gasteiger partial charge in [-0.2, -0.15) is 0 Å². The van der Waals surface area contributed by atoms with Gasteiger partial charge in [-0.3, -0.25) is 4.98 Å². The average Bonchev–Trinajstić information content (AvgIpc) is 3.04. The molecule has 0 bridgehead atoms. The first-order chi connectivity index (χ1) is 12.2. The molecular weight excluding hydrogens is 338 g/mol. The van der Waals surface area contributed by atoms with E-state index >= 15 is 0 Å². The number of carbonyl (C=O) groups excluding carboxylic acids is 1. The van der Waals surface area contributed by atoms with Crippen molar-refractivity contribution in [2.45, 2.75) is 26.8 Å². The number of hydrogen-bond donors (Lipinski definition) is 0. The average molecular weight is 355 g/mol. The Labute approximate surface area is 148 Å². The summed E-state index contributed by atoms with van der Waals surface area (Å²) in [4.78, 5) is 32.9. The van der Waals surface area contributed by atoms with Gasteiger partial charge in [0.2, 0.25) is 5.01 Å². The maximum absolute atomic E-state index is 11.9. The molecule has 0 atom stereocenters. The highest BCUT2D eigenvalue weighted by molar-refractivity contribution is 7.13. The van der Waals surface area contributed by atoms with E-state index < -0.39 is 0 Å². The van der Waals surface area contributed by atoms with Crippen LogP contribution in [0.25, 0.3) is 11.2 Å². The highest BCUT2D eigenvalue weighted by Gasteiger charge is 2.25. The Bertz CT molecular complexity index is 955. The highest BCUT2D eigenvalue weighted by Crippen LogP contribution is 2.30. The molecule has 0 spiro atoms. The zero-order valence-electron chi connectivity index (χ0n) is 14.0. The molecule has 4 heterocycles. The van der Waals surface area contributed by atoms with Crippen LogP contribution in [0.5, 0.6) is 0 Å². The fourth-order valence-corrected chi connectivity index (χ4v) is 3.98. The van der Waals surface area contributed by atoms with Crippen molar-refractivity contribution in [2.75, 3.05) is 18.1 Å². The standard InChI is InChI=1S/C17H17N5O2S/c1-3-24-17(23)16-20-11-4-7-22(9-13(11)25-16)15-10(2)8-12-14(21-15)19-6-5-18-12/h5-6,8H,3-4,7,9H2,1-2H3. The molecule has 3 aromatic rings. The first-order valence-corrected chi connectivity index (χ1v) is 8.96. The van der Waals surface area contributed by atoms with Gasteiger partial charge in [0.15, 0.2) is 5.65 Å². The Morgan fingerprint density at radius 3 is 3.00 bits per heavy atom. The van der Waals surface area contributed by atoms with Crippen LogP contribution in [0.2, 0.25) is 0 Å². The van der Waals surface area contributed by atoms with E-state index in [1.54, 1.807) is 19.3 Å². The van der Waals surface area contributed by atoms with E-state index in [2.05, 4.69) is 24.8 Å². The third-order valence-corrected chi connectivity index (χ3v) is 5.17. The Kier molecular flexibility index (Phi) is 4.04. The van der Waals surface area contributed by atoms with Crippen molar-refractivity contribution < 1.29 is 9.53 Å². The van der Waals surface area contributed by atoms with Crippen LogP contribution in [-0.4, -0.2) is 39.1 Å². The molecule has 1 aliphatic heterocycles. The Hall–Kier alpha value is -2.61. The molecule has 0 unspecified atom stereocenters. The number of esters is 1. The summed E-state index contributed by atoms with van der Waals surface area (Å²) in [6.45, 7) is 5.67. The number of nitrogens with zero attached hydrogens (tertiary/aromatic N) is 5. The van der Waals surface area contributed by atoms with Gasteiger partial charge in [0, 0.05) is 30.2 Å². The molecule has 8 heteroatoms. The number of thiazole rings is 1. The van der Waals surface area contributed by atoms with Gasteiger partial charge in [-0.1, -0.05) is 0 Å². The molecule has 0 amide bonds. The van der Waals surface area contributed by atoms with Gasteiger partial charge in [0.05, 0.1) is 18.8 Å². The Morgan fingerprint density at radius 1 is 1.32 bits per heavy atom. The number of ether oxygens (including phenoxy) is 1. The molecule has 0 aromatic carbocycles.